The topological polar surface area (TPSA) is 32.3 Å². The first-order valence-electron chi connectivity index (χ1n) is 9.81. The smallest absolute Gasteiger partial charge is 0.251 e. The van der Waals surface area contributed by atoms with Crippen molar-refractivity contribution in [2.45, 2.75) is 12.8 Å². The number of amides is 1. The fourth-order valence-electron chi connectivity index (χ4n) is 3.88. The molecule has 0 aliphatic carbocycles. The van der Waals surface area contributed by atoms with Crippen LogP contribution in [-0.4, -0.2) is 37.0 Å². The molecule has 138 valence electrons. The van der Waals surface area contributed by atoms with Gasteiger partial charge in [-0.15, -0.1) is 0 Å². The van der Waals surface area contributed by atoms with Crippen molar-refractivity contribution >= 4 is 16.7 Å². The van der Waals surface area contributed by atoms with Gasteiger partial charge < -0.3 is 10.2 Å². The van der Waals surface area contributed by atoms with Gasteiger partial charge >= 0.3 is 0 Å². The molecule has 0 unspecified atom stereocenters. The number of hydrogen-bond acceptors (Lipinski definition) is 2. The number of nitrogens with one attached hydrogen (secondary N) is 1. The number of carbonyl (C=O) groups excluding carboxylic acids is 1. The van der Waals surface area contributed by atoms with Gasteiger partial charge in [0.15, 0.2) is 0 Å². The van der Waals surface area contributed by atoms with E-state index in [9.17, 15) is 4.79 Å². The number of fused-ring (bicyclic) bond motifs is 1. The average Bonchev–Trinajstić information content (AvgIpc) is 3.19. The van der Waals surface area contributed by atoms with Crippen LogP contribution in [0.15, 0.2) is 72.8 Å². The lowest BCUT2D eigenvalue weighted by Gasteiger charge is -2.16. The Labute approximate surface area is 161 Å². The highest BCUT2D eigenvalue weighted by molar-refractivity contribution is 5.98. The van der Waals surface area contributed by atoms with Gasteiger partial charge in [-0.1, -0.05) is 60.7 Å². The zero-order valence-electron chi connectivity index (χ0n) is 15.6. The number of rotatable bonds is 6. The lowest BCUT2D eigenvalue weighted by Crippen LogP contribution is -2.31. The number of carbonyl (C=O) groups is 1. The summed E-state index contributed by atoms with van der Waals surface area (Å²) in [4.78, 5) is 15.0. The Hall–Kier alpha value is -2.65. The molecule has 3 heteroatoms. The SMILES string of the molecule is O=C(NC[C@@H]1CCN(CCc2ccccc2)C1)c1ccc2ccccc2c1. The minimum atomic E-state index is 0.0310. The summed E-state index contributed by atoms with van der Waals surface area (Å²) < 4.78 is 0. The zero-order valence-corrected chi connectivity index (χ0v) is 15.6. The van der Waals surface area contributed by atoms with E-state index in [-0.39, 0.29) is 5.91 Å². The van der Waals surface area contributed by atoms with Gasteiger partial charge in [0, 0.05) is 25.2 Å². The van der Waals surface area contributed by atoms with E-state index in [0.29, 0.717) is 5.92 Å². The fourth-order valence-corrected chi connectivity index (χ4v) is 3.88. The second-order valence-corrected chi connectivity index (χ2v) is 7.46. The van der Waals surface area contributed by atoms with Crippen molar-refractivity contribution in [3.05, 3.63) is 83.9 Å². The third-order valence-corrected chi connectivity index (χ3v) is 5.49. The summed E-state index contributed by atoms with van der Waals surface area (Å²) in [6.45, 7) is 4.06. The molecule has 1 heterocycles. The summed E-state index contributed by atoms with van der Waals surface area (Å²) in [6.07, 6.45) is 2.25. The maximum Gasteiger partial charge on any atom is 0.251 e. The quantitative estimate of drug-likeness (QED) is 0.718. The van der Waals surface area contributed by atoms with Crippen LogP contribution < -0.4 is 5.32 Å². The first-order valence-corrected chi connectivity index (χ1v) is 9.81. The van der Waals surface area contributed by atoms with Gasteiger partial charge in [-0.3, -0.25) is 4.79 Å². The Bertz CT molecular complexity index is 906. The van der Waals surface area contributed by atoms with Crippen molar-refractivity contribution in [1.29, 1.82) is 0 Å². The van der Waals surface area contributed by atoms with Crippen molar-refractivity contribution in [3.63, 3.8) is 0 Å². The maximum absolute atomic E-state index is 12.5. The molecule has 0 spiro atoms. The molecular formula is C24H26N2O. The van der Waals surface area contributed by atoms with Crippen LogP contribution in [0.2, 0.25) is 0 Å². The molecule has 0 radical (unpaired) electrons. The molecule has 3 aromatic rings. The molecule has 1 fully saturated rings. The van der Waals surface area contributed by atoms with Crippen molar-refractivity contribution < 1.29 is 4.79 Å². The van der Waals surface area contributed by atoms with Gasteiger partial charge in [0.25, 0.3) is 5.91 Å². The molecule has 1 N–H and O–H groups in total. The van der Waals surface area contributed by atoms with Crippen LogP contribution in [-0.2, 0) is 6.42 Å². The summed E-state index contributed by atoms with van der Waals surface area (Å²) in [5, 5.41) is 5.41. The number of hydrogen-bond donors (Lipinski definition) is 1. The molecule has 0 aromatic heterocycles. The van der Waals surface area contributed by atoms with Crippen molar-refractivity contribution in [2.24, 2.45) is 5.92 Å². The number of likely N-dealkylation sites (tertiary alicyclic amines) is 1. The minimum Gasteiger partial charge on any atom is -0.352 e. The second-order valence-electron chi connectivity index (χ2n) is 7.46. The van der Waals surface area contributed by atoms with Crippen LogP contribution in [0.3, 0.4) is 0 Å². The molecule has 4 rings (SSSR count). The Kier molecular flexibility index (Phi) is 5.50. The Morgan fingerprint density at radius 2 is 1.74 bits per heavy atom. The lowest BCUT2D eigenvalue weighted by molar-refractivity contribution is 0.0947. The van der Waals surface area contributed by atoms with Gasteiger partial charge in [-0.2, -0.15) is 0 Å². The van der Waals surface area contributed by atoms with E-state index in [1.807, 2.05) is 36.4 Å². The molecule has 0 bridgehead atoms. The van der Waals surface area contributed by atoms with Gasteiger partial charge in [0.2, 0.25) is 0 Å². The third kappa shape index (κ3) is 4.55. The average molecular weight is 358 g/mol. The zero-order chi connectivity index (χ0) is 18.5. The molecule has 1 aliphatic heterocycles. The van der Waals surface area contributed by atoms with E-state index in [0.717, 1.165) is 50.0 Å². The predicted molar refractivity (Wildman–Crippen MR) is 111 cm³/mol. The number of nitrogens with zero attached hydrogens (tertiary/aromatic N) is 1. The van der Waals surface area contributed by atoms with Crippen molar-refractivity contribution in [1.82, 2.24) is 10.2 Å². The van der Waals surface area contributed by atoms with Crippen LogP contribution >= 0.6 is 0 Å². The van der Waals surface area contributed by atoms with Crippen LogP contribution in [0.4, 0.5) is 0 Å². The molecule has 1 aliphatic rings. The largest absolute Gasteiger partial charge is 0.352 e. The monoisotopic (exact) mass is 358 g/mol. The second kappa shape index (κ2) is 8.36. The van der Waals surface area contributed by atoms with E-state index >= 15 is 0 Å². The van der Waals surface area contributed by atoms with E-state index in [2.05, 4.69) is 46.6 Å². The molecule has 1 amide bonds. The molecule has 1 saturated heterocycles. The normalized spacial score (nSPS) is 17.3. The Balaban J connectivity index is 1.25. The summed E-state index contributed by atoms with van der Waals surface area (Å²) >= 11 is 0. The van der Waals surface area contributed by atoms with Crippen LogP contribution in [0.25, 0.3) is 10.8 Å². The first-order chi connectivity index (χ1) is 13.3. The highest BCUT2D eigenvalue weighted by Gasteiger charge is 2.22. The van der Waals surface area contributed by atoms with E-state index in [1.54, 1.807) is 0 Å². The van der Waals surface area contributed by atoms with E-state index in [1.165, 1.54) is 10.9 Å². The number of benzene rings is 3. The Morgan fingerprint density at radius 1 is 0.963 bits per heavy atom. The Morgan fingerprint density at radius 3 is 2.59 bits per heavy atom. The fraction of sp³-hybridized carbons (Fsp3) is 0.292. The van der Waals surface area contributed by atoms with E-state index < -0.39 is 0 Å². The highest BCUT2D eigenvalue weighted by Crippen LogP contribution is 2.18. The molecule has 0 saturated carbocycles. The van der Waals surface area contributed by atoms with Crippen LogP contribution in [0, 0.1) is 5.92 Å². The van der Waals surface area contributed by atoms with Crippen LogP contribution in [0.1, 0.15) is 22.3 Å². The van der Waals surface area contributed by atoms with E-state index in [4.69, 9.17) is 0 Å². The van der Waals surface area contributed by atoms with Crippen LogP contribution in [0.5, 0.6) is 0 Å². The molecule has 27 heavy (non-hydrogen) atoms. The minimum absolute atomic E-state index is 0.0310. The molecule has 1 atom stereocenters. The first kappa shape index (κ1) is 17.7. The maximum atomic E-state index is 12.5. The summed E-state index contributed by atoms with van der Waals surface area (Å²) in [6, 6.07) is 24.7. The summed E-state index contributed by atoms with van der Waals surface area (Å²) in [5.74, 6) is 0.577. The van der Waals surface area contributed by atoms with Crippen molar-refractivity contribution in [2.75, 3.05) is 26.2 Å². The standard InChI is InChI=1S/C24H26N2O/c27-24(23-11-10-21-8-4-5-9-22(21)16-23)25-17-20-13-15-26(18-20)14-12-19-6-2-1-3-7-19/h1-11,16,20H,12-15,17-18H2,(H,25,27)/t20-/m0/s1. The lowest BCUT2D eigenvalue weighted by atomic mass is 10.1. The third-order valence-electron chi connectivity index (χ3n) is 5.49. The molecule has 3 nitrogen and oxygen atoms in total. The van der Waals surface area contributed by atoms with Gasteiger partial charge in [0.05, 0.1) is 0 Å². The van der Waals surface area contributed by atoms with Crippen molar-refractivity contribution in [3.8, 4) is 0 Å². The summed E-state index contributed by atoms with van der Waals surface area (Å²) in [5.41, 5.74) is 2.14. The van der Waals surface area contributed by atoms with Gasteiger partial charge in [0.1, 0.15) is 0 Å². The summed E-state index contributed by atoms with van der Waals surface area (Å²) in [7, 11) is 0. The molecule has 3 aromatic carbocycles. The molecular weight excluding hydrogens is 332 g/mol. The van der Waals surface area contributed by atoms with Gasteiger partial charge in [-0.05, 0) is 53.8 Å². The highest BCUT2D eigenvalue weighted by atomic mass is 16.1. The van der Waals surface area contributed by atoms with Gasteiger partial charge in [-0.25, -0.2) is 0 Å². The predicted octanol–water partition coefficient (Wildman–Crippen LogP) is 4.13.